The fourth-order valence-corrected chi connectivity index (χ4v) is 1.43. The first-order valence-electron chi connectivity index (χ1n) is 4.57. The van der Waals surface area contributed by atoms with Crippen molar-refractivity contribution >= 4 is 12.3 Å². The Balaban J connectivity index is 3.13. The fraction of sp³-hybridized carbons (Fsp3) is 0.364. The quantitative estimate of drug-likeness (QED) is 0.559. The van der Waals surface area contributed by atoms with Crippen molar-refractivity contribution in [3.8, 4) is 0 Å². The summed E-state index contributed by atoms with van der Waals surface area (Å²) >= 11 is 0. The Morgan fingerprint density at radius 1 is 1.53 bits per heavy atom. The third-order valence-corrected chi connectivity index (χ3v) is 2.00. The lowest BCUT2D eigenvalue weighted by Gasteiger charge is -2.25. The first-order valence-corrected chi connectivity index (χ1v) is 4.57. The summed E-state index contributed by atoms with van der Waals surface area (Å²) in [6.07, 6.45) is 2.18. The molecule has 1 aromatic heterocycles. The molecule has 1 rings (SSSR count). The normalized spacial score (nSPS) is 10.9. The number of esters is 1. The van der Waals surface area contributed by atoms with Crippen LogP contribution in [0, 0.1) is 0 Å². The monoisotopic (exact) mass is 207 g/mol. The first kappa shape index (κ1) is 11.4. The molecule has 0 atom stereocenters. The molecule has 0 aliphatic rings. The van der Waals surface area contributed by atoms with E-state index in [1.807, 2.05) is 0 Å². The van der Waals surface area contributed by atoms with Gasteiger partial charge in [0.05, 0.1) is 0 Å². The Hall–Kier alpha value is -1.71. The first-order chi connectivity index (χ1) is 6.97. The van der Waals surface area contributed by atoms with Crippen molar-refractivity contribution < 1.29 is 14.3 Å². The molecule has 0 aromatic carbocycles. The second kappa shape index (κ2) is 4.21. The van der Waals surface area contributed by atoms with Crippen LogP contribution < -0.4 is 0 Å². The standard InChI is InChI=1S/C11H13NO3/c1-8(14)15-11(2,3)9-5-4-6-12-10(9)7-13/h4-7H,1-3H3. The molecule has 15 heavy (non-hydrogen) atoms. The lowest BCUT2D eigenvalue weighted by molar-refractivity contribution is -0.154. The van der Waals surface area contributed by atoms with Crippen LogP contribution >= 0.6 is 0 Å². The van der Waals surface area contributed by atoms with Gasteiger partial charge in [-0.25, -0.2) is 0 Å². The zero-order valence-corrected chi connectivity index (χ0v) is 8.98. The maximum Gasteiger partial charge on any atom is 0.303 e. The van der Waals surface area contributed by atoms with Crippen LogP contribution in [0.3, 0.4) is 0 Å². The molecule has 0 aliphatic heterocycles. The van der Waals surface area contributed by atoms with Crippen LogP contribution in [-0.2, 0) is 15.1 Å². The number of ether oxygens (including phenoxy) is 1. The summed E-state index contributed by atoms with van der Waals surface area (Å²) in [6, 6.07) is 3.42. The molecule has 80 valence electrons. The lowest BCUT2D eigenvalue weighted by atomic mass is 9.97. The molecular formula is C11H13NO3. The van der Waals surface area contributed by atoms with Gasteiger partial charge in [0.2, 0.25) is 0 Å². The van der Waals surface area contributed by atoms with E-state index in [4.69, 9.17) is 4.74 Å². The molecule has 1 aromatic rings. The van der Waals surface area contributed by atoms with E-state index >= 15 is 0 Å². The predicted octanol–water partition coefficient (Wildman–Crippen LogP) is 1.69. The number of rotatable bonds is 3. The van der Waals surface area contributed by atoms with Crippen LogP contribution in [0.1, 0.15) is 36.8 Å². The molecule has 0 fully saturated rings. The molecule has 0 amide bonds. The number of nitrogens with zero attached hydrogens (tertiary/aromatic N) is 1. The number of hydrogen-bond donors (Lipinski definition) is 0. The number of carbonyl (C=O) groups is 2. The van der Waals surface area contributed by atoms with Crippen LogP contribution in [0.4, 0.5) is 0 Å². The van der Waals surface area contributed by atoms with Gasteiger partial charge < -0.3 is 4.74 Å². The van der Waals surface area contributed by atoms with Crippen molar-refractivity contribution in [1.82, 2.24) is 4.98 Å². The van der Waals surface area contributed by atoms with E-state index < -0.39 is 5.60 Å². The molecular weight excluding hydrogens is 194 g/mol. The van der Waals surface area contributed by atoms with Gasteiger partial charge in [-0.3, -0.25) is 14.6 Å². The molecule has 0 radical (unpaired) electrons. The average molecular weight is 207 g/mol. The SMILES string of the molecule is CC(=O)OC(C)(C)c1cccnc1C=O. The minimum absolute atomic E-state index is 0.295. The summed E-state index contributed by atoms with van der Waals surface area (Å²) in [7, 11) is 0. The van der Waals surface area contributed by atoms with Gasteiger partial charge in [0, 0.05) is 18.7 Å². The highest BCUT2D eigenvalue weighted by Crippen LogP contribution is 2.26. The molecule has 4 nitrogen and oxygen atoms in total. The van der Waals surface area contributed by atoms with Gasteiger partial charge in [0.1, 0.15) is 11.3 Å². The second-order valence-electron chi connectivity index (χ2n) is 3.66. The predicted molar refractivity (Wildman–Crippen MR) is 54.4 cm³/mol. The number of aldehydes is 1. The summed E-state index contributed by atoms with van der Waals surface area (Å²) in [6.45, 7) is 4.77. The minimum Gasteiger partial charge on any atom is -0.455 e. The van der Waals surface area contributed by atoms with Gasteiger partial charge in [-0.2, -0.15) is 0 Å². The van der Waals surface area contributed by atoms with Crippen molar-refractivity contribution in [2.75, 3.05) is 0 Å². The van der Waals surface area contributed by atoms with Gasteiger partial charge in [0.25, 0.3) is 0 Å². The summed E-state index contributed by atoms with van der Waals surface area (Å²) in [5, 5.41) is 0. The van der Waals surface area contributed by atoms with Crippen molar-refractivity contribution in [2.24, 2.45) is 0 Å². The summed E-state index contributed by atoms with van der Waals surface area (Å²) in [5.41, 5.74) is 0.0648. The minimum atomic E-state index is -0.837. The fourth-order valence-electron chi connectivity index (χ4n) is 1.43. The third kappa shape index (κ3) is 2.62. The van der Waals surface area contributed by atoms with Crippen LogP contribution in [-0.4, -0.2) is 17.2 Å². The van der Waals surface area contributed by atoms with Crippen LogP contribution in [0.2, 0.25) is 0 Å². The van der Waals surface area contributed by atoms with Crippen molar-refractivity contribution in [2.45, 2.75) is 26.4 Å². The molecule has 0 unspecified atom stereocenters. The van der Waals surface area contributed by atoms with Gasteiger partial charge in [0.15, 0.2) is 6.29 Å². The highest BCUT2D eigenvalue weighted by atomic mass is 16.6. The summed E-state index contributed by atoms with van der Waals surface area (Å²) in [4.78, 5) is 25.6. The van der Waals surface area contributed by atoms with Crippen molar-refractivity contribution in [3.05, 3.63) is 29.6 Å². The number of carbonyl (C=O) groups excluding carboxylic acids is 2. The Kier molecular flexibility index (Phi) is 3.19. The van der Waals surface area contributed by atoms with E-state index in [0.717, 1.165) is 0 Å². The van der Waals surface area contributed by atoms with Gasteiger partial charge in [-0.1, -0.05) is 6.07 Å². The topological polar surface area (TPSA) is 56.3 Å². The lowest BCUT2D eigenvalue weighted by Crippen LogP contribution is -2.26. The molecule has 4 heteroatoms. The molecule has 0 N–H and O–H groups in total. The third-order valence-electron chi connectivity index (χ3n) is 2.00. The van der Waals surface area contributed by atoms with Crippen molar-refractivity contribution in [1.29, 1.82) is 0 Å². The zero-order valence-electron chi connectivity index (χ0n) is 8.98. The smallest absolute Gasteiger partial charge is 0.303 e. The van der Waals surface area contributed by atoms with E-state index in [2.05, 4.69) is 4.98 Å². The number of pyridine rings is 1. The summed E-state index contributed by atoms with van der Waals surface area (Å²) in [5.74, 6) is -0.388. The van der Waals surface area contributed by atoms with Crippen molar-refractivity contribution in [3.63, 3.8) is 0 Å². The highest BCUT2D eigenvalue weighted by molar-refractivity contribution is 5.75. The van der Waals surface area contributed by atoms with Gasteiger partial charge in [-0.05, 0) is 19.9 Å². The molecule has 0 spiro atoms. The van der Waals surface area contributed by atoms with Crippen LogP contribution in [0.5, 0.6) is 0 Å². The van der Waals surface area contributed by atoms with Gasteiger partial charge in [-0.15, -0.1) is 0 Å². The average Bonchev–Trinajstić information content (AvgIpc) is 2.16. The Morgan fingerprint density at radius 2 is 2.20 bits per heavy atom. The molecule has 0 saturated heterocycles. The Bertz CT molecular complexity index is 385. The molecule has 1 heterocycles. The molecule has 0 bridgehead atoms. The second-order valence-corrected chi connectivity index (χ2v) is 3.66. The Labute approximate surface area is 88.3 Å². The van der Waals surface area contributed by atoms with E-state index in [1.54, 1.807) is 26.0 Å². The molecule has 0 saturated carbocycles. The van der Waals surface area contributed by atoms with E-state index in [-0.39, 0.29) is 5.97 Å². The van der Waals surface area contributed by atoms with E-state index in [0.29, 0.717) is 17.5 Å². The van der Waals surface area contributed by atoms with Gasteiger partial charge >= 0.3 is 5.97 Å². The highest BCUT2D eigenvalue weighted by Gasteiger charge is 2.27. The summed E-state index contributed by atoms with van der Waals surface area (Å²) < 4.78 is 5.13. The van der Waals surface area contributed by atoms with E-state index in [1.165, 1.54) is 13.1 Å². The maximum absolute atomic E-state index is 10.9. The number of hydrogen-bond acceptors (Lipinski definition) is 4. The number of aromatic nitrogens is 1. The van der Waals surface area contributed by atoms with Crippen LogP contribution in [0.15, 0.2) is 18.3 Å². The Morgan fingerprint density at radius 3 is 2.73 bits per heavy atom. The maximum atomic E-state index is 10.9. The zero-order chi connectivity index (χ0) is 11.5. The largest absolute Gasteiger partial charge is 0.455 e. The van der Waals surface area contributed by atoms with Crippen LogP contribution in [0.25, 0.3) is 0 Å². The molecule has 0 aliphatic carbocycles. The van der Waals surface area contributed by atoms with E-state index in [9.17, 15) is 9.59 Å².